The number of hydrogen-bond acceptors (Lipinski definition) is 4. The van der Waals surface area contributed by atoms with Gasteiger partial charge in [0.2, 0.25) is 0 Å². The molecule has 5 nitrogen and oxygen atoms in total. The van der Waals surface area contributed by atoms with Crippen LogP contribution in [0.5, 0.6) is 0 Å². The van der Waals surface area contributed by atoms with E-state index in [1.165, 1.54) is 0 Å². The molecule has 19 heavy (non-hydrogen) atoms. The van der Waals surface area contributed by atoms with Crippen molar-refractivity contribution in [2.45, 2.75) is 36.2 Å². The van der Waals surface area contributed by atoms with Gasteiger partial charge in [-0.15, -0.1) is 0 Å². The highest BCUT2D eigenvalue weighted by Gasteiger charge is 2.46. The quantitative estimate of drug-likeness (QED) is 0.856. The Morgan fingerprint density at radius 2 is 1.74 bits per heavy atom. The van der Waals surface area contributed by atoms with E-state index in [1.807, 2.05) is 0 Å². The standard InChI is InChI=1S/C12H13FO5S/c13-9-3-5-10(6-4-9)19(16,17)18-12(11(14)15)7-1-2-8-12/h3-6H,1-2,7-8H2,(H,14,15). The third-order valence-corrected chi connectivity index (χ3v) is 4.56. The normalized spacial score (nSPS) is 18.4. The number of hydrogen-bond donors (Lipinski definition) is 1. The molecule has 0 aromatic heterocycles. The maximum atomic E-state index is 12.8. The van der Waals surface area contributed by atoms with Gasteiger partial charge in [-0.1, -0.05) is 0 Å². The van der Waals surface area contributed by atoms with Crippen LogP contribution >= 0.6 is 0 Å². The van der Waals surface area contributed by atoms with Crippen LogP contribution in [0.25, 0.3) is 0 Å². The molecule has 1 aromatic rings. The molecular weight excluding hydrogens is 275 g/mol. The number of carboxylic acids is 1. The summed E-state index contributed by atoms with van der Waals surface area (Å²) in [5, 5.41) is 9.17. The number of rotatable bonds is 4. The first-order valence-corrected chi connectivity index (χ1v) is 7.21. The van der Waals surface area contributed by atoms with Gasteiger partial charge in [-0.3, -0.25) is 0 Å². The van der Waals surface area contributed by atoms with Crippen molar-refractivity contribution in [1.82, 2.24) is 0 Å². The minimum atomic E-state index is -4.21. The number of aliphatic carboxylic acids is 1. The minimum absolute atomic E-state index is 0.156. The van der Waals surface area contributed by atoms with Crippen LogP contribution in [-0.2, 0) is 19.1 Å². The van der Waals surface area contributed by atoms with E-state index >= 15 is 0 Å². The van der Waals surface area contributed by atoms with E-state index in [9.17, 15) is 17.6 Å². The van der Waals surface area contributed by atoms with Gasteiger partial charge < -0.3 is 5.11 Å². The van der Waals surface area contributed by atoms with Crippen LogP contribution in [0, 0.1) is 5.82 Å². The number of benzene rings is 1. The molecule has 0 amide bonds. The Hall–Kier alpha value is -1.47. The van der Waals surface area contributed by atoms with Gasteiger partial charge in [0.25, 0.3) is 10.1 Å². The van der Waals surface area contributed by atoms with Gasteiger partial charge in [0.05, 0.1) is 4.90 Å². The van der Waals surface area contributed by atoms with Crippen LogP contribution < -0.4 is 0 Å². The van der Waals surface area contributed by atoms with E-state index in [1.54, 1.807) is 0 Å². The summed E-state index contributed by atoms with van der Waals surface area (Å²) < 4.78 is 41.7. The van der Waals surface area contributed by atoms with E-state index in [4.69, 9.17) is 9.29 Å². The molecule has 0 bridgehead atoms. The summed E-state index contributed by atoms with van der Waals surface area (Å²) in [5.41, 5.74) is -1.69. The van der Waals surface area contributed by atoms with Crippen molar-refractivity contribution in [3.05, 3.63) is 30.1 Å². The molecule has 2 rings (SSSR count). The smallest absolute Gasteiger partial charge is 0.337 e. The average Bonchev–Trinajstić information content (AvgIpc) is 2.78. The first kappa shape index (κ1) is 14.0. The summed E-state index contributed by atoms with van der Waals surface area (Å²) in [5.74, 6) is -1.86. The number of halogens is 1. The van der Waals surface area contributed by atoms with Crippen LogP contribution in [0.3, 0.4) is 0 Å². The lowest BCUT2D eigenvalue weighted by atomic mass is 10.0. The van der Waals surface area contributed by atoms with Gasteiger partial charge in [0, 0.05) is 0 Å². The third kappa shape index (κ3) is 2.76. The molecule has 0 unspecified atom stereocenters. The van der Waals surface area contributed by atoms with Crippen LogP contribution in [0.1, 0.15) is 25.7 Å². The Balaban J connectivity index is 2.30. The summed E-state index contributed by atoms with van der Waals surface area (Å²) in [7, 11) is -4.21. The molecular formula is C12H13FO5S. The molecule has 1 aliphatic rings. The summed E-state index contributed by atoms with van der Waals surface area (Å²) in [6.07, 6.45) is 1.52. The second-order valence-corrected chi connectivity index (χ2v) is 6.04. The van der Waals surface area contributed by atoms with Crippen molar-refractivity contribution in [2.75, 3.05) is 0 Å². The molecule has 1 aromatic carbocycles. The molecule has 0 saturated heterocycles. The van der Waals surface area contributed by atoms with Crippen LogP contribution in [0.15, 0.2) is 29.2 Å². The summed E-state index contributed by atoms with van der Waals surface area (Å²) in [6, 6.07) is 4.07. The van der Waals surface area contributed by atoms with Gasteiger partial charge >= 0.3 is 5.97 Å². The maximum absolute atomic E-state index is 12.8. The number of carbonyl (C=O) groups is 1. The molecule has 0 spiro atoms. The molecule has 1 fully saturated rings. The fourth-order valence-electron chi connectivity index (χ4n) is 2.14. The average molecular weight is 288 g/mol. The van der Waals surface area contributed by atoms with Crippen molar-refractivity contribution < 1.29 is 26.9 Å². The molecule has 7 heteroatoms. The summed E-state index contributed by atoms with van der Waals surface area (Å²) >= 11 is 0. The Labute approximate surface area is 110 Å². The van der Waals surface area contributed by atoms with Crippen LogP contribution in [0.2, 0.25) is 0 Å². The second-order valence-electron chi connectivity index (χ2n) is 4.50. The summed E-state index contributed by atoms with van der Waals surface area (Å²) in [6.45, 7) is 0. The van der Waals surface area contributed by atoms with Crippen molar-refractivity contribution in [1.29, 1.82) is 0 Å². The Morgan fingerprint density at radius 3 is 2.21 bits per heavy atom. The lowest BCUT2D eigenvalue weighted by Crippen LogP contribution is -2.40. The molecule has 0 radical (unpaired) electrons. The molecule has 1 saturated carbocycles. The van der Waals surface area contributed by atoms with Gasteiger partial charge in [-0.05, 0) is 49.9 Å². The molecule has 1 aliphatic carbocycles. The molecule has 104 valence electrons. The Kier molecular flexibility index (Phi) is 3.60. The summed E-state index contributed by atoms with van der Waals surface area (Å²) in [4.78, 5) is 11.0. The zero-order valence-corrected chi connectivity index (χ0v) is 10.8. The van der Waals surface area contributed by atoms with Crippen LogP contribution in [-0.4, -0.2) is 25.1 Å². The fraction of sp³-hybridized carbons (Fsp3) is 0.417. The topological polar surface area (TPSA) is 80.7 Å². The predicted molar refractivity (Wildman–Crippen MR) is 63.5 cm³/mol. The van der Waals surface area contributed by atoms with Gasteiger partial charge in [-0.25, -0.2) is 13.4 Å². The molecule has 0 heterocycles. The molecule has 0 aliphatic heterocycles. The van der Waals surface area contributed by atoms with E-state index in [0.717, 1.165) is 24.3 Å². The largest absolute Gasteiger partial charge is 0.479 e. The highest BCUT2D eigenvalue weighted by Crippen LogP contribution is 2.36. The highest BCUT2D eigenvalue weighted by atomic mass is 32.2. The molecule has 1 N–H and O–H groups in total. The van der Waals surface area contributed by atoms with Crippen molar-refractivity contribution >= 4 is 16.1 Å². The maximum Gasteiger partial charge on any atom is 0.337 e. The first-order chi connectivity index (χ1) is 8.86. The zero-order chi connectivity index (χ0) is 14.1. The lowest BCUT2D eigenvalue weighted by Gasteiger charge is -2.23. The van der Waals surface area contributed by atoms with Crippen molar-refractivity contribution in [3.63, 3.8) is 0 Å². The van der Waals surface area contributed by atoms with E-state index in [2.05, 4.69) is 0 Å². The molecule has 0 atom stereocenters. The monoisotopic (exact) mass is 288 g/mol. The minimum Gasteiger partial charge on any atom is -0.479 e. The Morgan fingerprint density at radius 1 is 1.21 bits per heavy atom. The zero-order valence-electron chi connectivity index (χ0n) is 10.0. The van der Waals surface area contributed by atoms with E-state index in [0.29, 0.717) is 12.8 Å². The van der Waals surface area contributed by atoms with Crippen molar-refractivity contribution in [3.8, 4) is 0 Å². The first-order valence-electron chi connectivity index (χ1n) is 5.80. The SMILES string of the molecule is O=C(O)C1(OS(=O)(=O)c2ccc(F)cc2)CCCC1. The van der Waals surface area contributed by atoms with Crippen LogP contribution in [0.4, 0.5) is 4.39 Å². The fourth-order valence-corrected chi connectivity index (χ4v) is 3.36. The van der Waals surface area contributed by atoms with Gasteiger partial charge in [-0.2, -0.15) is 8.42 Å². The van der Waals surface area contributed by atoms with E-state index in [-0.39, 0.29) is 17.7 Å². The van der Waals surface area contributed by atoms with E-state index < -0.39 is 27.5 Å². The Bertz CT molecular complexity index is 573. The second kappa shape index (κ2) is 4.90. The van der Waals surface area contributed by atoms with Gasteiger partial charge in [0.1, 0.15) is 5.82 Å². The van der Waals surface area contributed by atoms with Crippen molar-refractivity contribution in [2.24, 2.45) is 0 Å². The predicted octanol–water partition coefficient (Wildman–Crippen LogP) is 1.93. The number of carboxylic acid groups (broad SMARTS) is 1. The highest BCUT2D eigenvalue weighted by molar-refractivity contribution is 7.86. The van der Waals surface area contributed by atoms with Gasteiger partial charge in [0.15, 0.2) is 5.60 Å². The lowest BCUT2D eigenvalue weighted by molar-refractivity contribution is -0.154. The third-order valence-electron chi connectivity index (χ3n) is 3.17.